The predicted octanol–water partition coefficient (Wildman–Crippen LogP) is 1.59. The average molecular weight is 227 g/mol. The molecule has 1 atom stereocenters. The molecule has 0 aromatic heterocycles. The van der Waals surface area contributed by atoms with Crippen molar-refractivity contribution in [1.29, 1.82) is 0 Å². The van der Waals surface area contributed by atoms with Gasteiger partial charge >= 0.3 is 0 Å². The summed E-state index contributed by atoms with van der Waals surface area (Å²) in [4.78, 5) is 2.31. The molecule has 94 valence electrons. The summed E-state index contributed by atoms with van der Waals surface area (Å²) < 4.78 is 0. The number of fused-ring (bicyclic) bond motifs is 1. The van der Waals surface area contributed by atoms with E-state index in [1.54, 1.807) is 0 Å². The van der Waals surface area contributed by atoms with Gasteiger partial charge in [0.2, 0.25) is 0 Å². The van der Waals surface area contributed by atoms with E-state index >= 15 is 0 Å². The van der Waals surface area contributed by atoms with Crippen molar-refractivity contribution in [2.24, 2.45) is 11.3 Å². The highest BCUT2D eigenvalue weighted by atomic mass is 16.5. The largest absolute Gasteiger partial charge is 0.364 e. The first-order valence-corrected chi connectivity index (χ1v) is 6.45. The van der Waals surface area contributed by atoms with Crippen LogP contribution in [0.1, 0.15) is 47.0 Å². The van der Waals surface area contributed by atoms with Crippen molar-refractivity contribution in [3.63, 3.8) is 0 Å². The van der Waals surface area contributed by atoms with Crippen LogP contribution in [0.15, 0.2) is 0 Å². The van der Waals surface area contributed by atoms with Gasteiger partial charge in [0.15, 0.2) is 5.79 Å². The Balaban J connectivity index is 2.47. The average Bonchev–Trinajstić information content (AvgIpc) is 2.67. The number of hydrogen-bond acceptors (Lipinski definition) is 3. The summed E-state index contributed by atoms with van der Waals surface area (Å²) in [5.74, 6) is -1.71. The lowest BCUT2D eigenvalue weighted by Gasteiger charge is -2.52. The Hall–Kier alpha value is -0.120. The van der Waals surface area contributed by atoms with Gasteiger partial charge in [-0.1, -0.05) is 27.7 Å². The highest BCUT2D eigenvalue weighted by Crippen LogP contribution is 2.57. The molecule has 1 unspecified atom stereocenters. The van der Waals surface area contributed by atoms with E-state index in [1.165, 1.54) is 0 Å². The van der Waals surface area contributed by atoms with Crippen molar-refractivity contribution in [1.82, 2.24) is 4.90 Å². The molecule has 2 aliphatic heterocycles. The highest BCUT2D eigenvalue weighted by Gasteiger charge is 2.66. The van der Waals surface area contributed by atoms with Gasteiger partial charge in [-0.3, -0.25) is 4.90 Å². The Kier molecular flexibility index (Phi) is 2.65. The molecule has 3 heteroatoms. The molecule has 2 aliphatic rings. The van der Waals surface area contributed by atoms with Crippen LogP contribution in [0.3, 0.4) is 0 Å². The minimum atomic E-state index is -1.58. The molecule has 2 saturated heterocycles. The fraction of sp³-hybridized carbons (Fsp3) is 1.00. The SMILES string of the molecule is CC(C)C(O)(O)C12CCCN1CCC2(C)C. The van der Waals surface area contributed by atoms with Crippen LogP contribution in [0.2, 0.25) is 0 Å². The fourth-order valence-electron chi connectivity index (χ4n) is 3.96. The smallest absolute Gasteiger partial charge is 0.184 e. The van der Waals surface area contributed by atoms with Crippen LogP contribution in [0.25, 0.3) is 0 Å². The zero-order valence-electron chi connectivity index (χ0n) is 11.0. The van der Waals surface area contributed by atoms with Crippen LogP contribution in [-0.4, -0.2) is 39.5 Å². The molecule has 0 amide bonds. The lowest BCUT2D eigenvalue weighted by atomic mass is 9.64. The predicted molar refractivity (Wildman–Crippen MR) is 63.9 cm³/mol. The molecule has 2 rings (SSSR count). The zero-order chi connectivity index (χ0) is 12.2. The van der Waals surface area contributed by atoms with E-state index in [1.807, 2.05) is 13.8 Å². The molecule has 0 spiro atoms. The lowest BCUT2D eigenvalue weighted by Crippen LogP contribution is -2.66. The molecule has 0 radical (unpaired) electrons. The van der Waals surface area contributed by atoms with Gasteiger partial charge in [0.05, 0.1) is 5.54 Å². The van der Waals surface area contributed by atoms with Crippen molar-refractivity contribution in [2.75, 3.05) is 13.1 Å². The Morgan fingerprint density at radius 1 is 1.12 bits per heavy atom. The third kappa shape index (κ3) is 1.25. The Morgan fingerprint density at radius 2 is 1.75 bits per heavy atom. The molecule has 3 nitrogen and oxygen atoms in total. The molecule has 0 aliphatic carbocycles. The van der Waals surface area contributed by atoms with E-state index in [0.717, 1.165) is 32.4 Å². The van der Waals surface area contributed by atoms with Gasteiger partial charge in [0.1, 0.15) is 0 Å². The van der Waals surface area contributed by atoms with Crippen molar-refractivity contribution >= 4 is 0 Å². The Bertz CT molecular complexity index is 286. The number of aliphatic hydroxyl groups is 2. The maximum atomic E-state index is 10.6. The first kappa shape index (κ1) is 12.3. The molecular weight excluding hydrogens is 202 g/mol. The third-order valence-electron chi connectivity index (χ3n) is 5.05. The quantitative estimate of drug-likeness (QED) is 0.704. The van der Waals surface area contributed by atoms with Gasteiger partial charge in [-0.05, 0) is 37.8 Å². The number of rotatable bonds is 2. The highest BCUT2D eigenvalue weighted by molar-refractivity contribution is 5.17. The van der Waals surface area contributed by atoms with E-state index in [9.17, 15) is 10.2 Å². The second-order valence-electron chi connectivity index (χ2n) is 6.47. The van der Waals surface area contributed by atoms with Gasteiger partial charge in [0.25, 0.3) is 0 Å². The lowest BCUT2D eigenvalue weighted by molar-refractivity contribution is -0.281. The molecule has 0 aromatic rings. The van der Waals surface area contributed by atoms with Crippen LogP contribution < -0.4 is 0 Å². The summed E-state index contributed by atoms with van der Waals surface area (Å²) in [6, 6.07) is 0. The second kappa shape index (κ2) is 3.44. The van der Waals surface area contributed by atoms with E-state index < -0.39 is 11.3 Å². The van der Waals surface area contributed by atoms with Gasteiger partial charge in [0, 0.05) is 5.92 Å². The topological polar surface area (TPSA) is 43.7 Å². The minimum Gasteiger partial charge on any atom is -0.364 e. The third-order valence-corrected chi connectivity index (χ3v) is 5.05. The minimum absolute atomic E-state index is 0.0166. The standard InChI is InChI=1S/C13H25NO2/c1-10(2)13(15,16)12-6-5-8-14(12)9-7-11(12,3)4/h10,15-16H,5-9H2,1-4H3. The fourth-order valence-corrected chi connectivity index (χ4v) is 3.96. The Morgan fingerprint density at radius 3 is 2.31 bits per heavy atom. The van der Waals surface area contributed by atoms with Crippen molar-refractivity contribution in [2.45, 2.75) is 58.3 Å². The van der Waals surface area contributed by atoms with Crippen LogP contribution in [0.5, 0.6) is 0 Å². The Labute approximate surface area is 98.5 Å². The molecule has 0 bridgehead atoms. The van der Waals surface area contributed by atoms with Gasteiger partial charge < -0.3 is 10.2 Å². The van der Waals surface area contributed by atoms with Crippen molar-refractivity contribution < 1.29 is 10.2 Å². The molecule has 2 N–H and O–H groups in total. The van der Waals surface area contributed by atoms with Crippen LogP contribution in [-0.2, 0) is 0 Å². The van der Waals surface area contributed by atoms with E-state index in [-0.39, 0.29) is 11.3 Å². The summed E-state index contributed by atoms with van der Waals surface area (Å²) in [5, 5.41) is 21.2. The van der Waals surface area contributed by atoms with Crippen molar-refractivity contribution in [3.8, 4) is 0 Å². The number of nitrogens with zero attached hydrogens (tertiary/aromatic N) is 1. The van der Waals surface area contributed by atoms with E-state index in [2.05, 4.69) is 18.7 Å². The molecule has 16 heavy (non-hydrogen) atoms. The molecule has 0 saturated carbocycles. The monoisotopic (exact) mass is 227 g/mol. The van der Waals surface area contributed by atoms with Crippen molar-refractivity contribution in [3.05, 3.63) is 0 Å². The summed E-state index contributed by atoms with van der Waals surface area (Å²) in [7, 11) is 0. The van der Waals surface area contributed by atoms with E-state index in [4.69, 9.17) is 0 Å². The molecule has 2 fully saturated rings. The molecular formula is C13H25NO2. The van der Waals surface area contributed by atoms with E-state index in [0.29, 0.717) is 0 Å². The second-order valence-corrected chi connectivity index (χ2v) is 6.47. The van der Waals surface area contributed by atoms with Crippen LogP contribution in [0, 0.1) is 11.3 Å². The van der Waals surface area contributed by atoms with Gasteiger partial charge in [-0.25, -0.2) is 0 Å². The summed E-state index contributed by atoms with van der Waals surface area (Å²) in [6.07, 6.45) is 3.05. The summed E-state index contributed by atoms with van der Waals surface area (Å²) in [5.41, 5.74) is -0.453. The zero-order valence-corrected chi connectivity index (χ0v) is 11.0. The maximum absolute atomic E-state index is 10.6. The summed E-state index contributed by atoms with van der Waals surface area (Å²) >= 11 is 0. The normalized spacial score (nSPS) is 34.7. The molecule has 2 heterocycles. The number of hydrogen-bond donors (Lipinski definition) is 2. The summed E-state index contributed by atoms with van der Waals surface area (Å²) in [6.45, 7) is 10.2. The van der Waals surface area contributed by atoms with Gasteiger partial charge in [-0.15, -0.1) is 0 Å². The van der Waals surface area contributed by atoms with Gasteiger partial charge in [-0.2, -0.15) is 0 Å². The van der Waals surface area contributed by atoms with Crippen LogP contribution >= 0.6 is 0 Å². The first-order chi connectivity index (χ1) is 7.26. The molecule has 0 aromatic carbocycles. The first-order valence-electron chi connectivity index (χ1n) is 6.45. The maximum Gasteiger partial charge on any atom is 0.184 e. The van der Waals surface area contributed by atoms with Crippen LogP contribution in [0.4, 0.5) is 0 Å².